The second kappa shape index (κ2) is 6.28. The van der Waals surface area contributed by atoms with Gasteiger partial charge in [0.1, 0.15) is 4.88 Å². The van der Waals surface area contributed by atoms with Crippen LogP contribution in [0, 0.1) is 0 Å². The Bertz CT molecular complexity index is 508. The average molecular weight is 293 g/mol. The fraction of sp³-hybridized carbons (Fsp3) is 0.500. The number of hydrogen-bond donors (Lipinski definition) is 2. The molecular weight excluding hydrogens is 278 g/mol. The van der Waals surface area contributed by atoms with Crippen LogP contribution in [0.4, 0.5) is 0 Å². The number of carbonyl (C=O) groups is 1. The largest absolute Gasteiger partial charge is 0.477 e. The van der Waals surface area contributed by atoms with E-state index in [1.165, 1.54) is 5.38 Å². The summed E-state index contributed by atoms with van der Waals surface area (Å²) >= 11 is 0.880. The molecule has 1 atom stereocenters. The monoisotopic (exact) mass is 293 g/mol. The molecule has 1 rings (SSSR count). The van der Waals surface area contributed by atoms with Gasteiger partial charge in [-0.2, -0.15) is 0 Å². The van der Waals surface area contributed by atoms with Crippen LogP contribution in [0.3, 0.4) is 0 Å². The summed E-state index contributed by atoms with van der Waals surface area (Å²) in [6.45, 7) is 4.27. The first-order valence-electron chi connectivity index (χ1n) is 5.28. The van der Waals surface area contributed by atoms with Crippen LogP contribution in [0.2, 0.25) is 0 Å². The molecule has 0 aliphatic carbocycles. The molecule has 1 aromatic heterocycles. The number of carboxylic acid groups (broad SMARTS) is 1. The van der Waals surface area contributed by atoms with Crippen LogP contribution < -0.4 is 4.72 Å². The maximum Gasteiger partial charge on any atom is 0.345 e. The smallest absolute Gasteiger partial charge is 0.345 e. The summed E-state index contributed by atoms with van der Waals surface area (Å²) in [7, 11) is -3.69. The predicted octanol–water partition coefficient (Wildman–Crippen LogP) is 1.15. The third kappa shape index (κ3) is 4.05. The number of sulfonamides is 1. The van der Waals surface area contributed by atoms with E-state index < -0.39 is 16.0 Å². The Morgan fingerprint density at radius 1 is 1.61 bits per heavy atom. The van der Waals surface area contributed by atoms with E-state index in [9.17, 15) is 13.2 Å². The van der Waals surface area contributed by atoms with Crippen molar-refractivity contribution in [3.63, 3.8) is 0 Å². The summed E-state index contributed by atoms with van der Waals surface area (Å²) in [5.74, 6) is -1.14. The standard InChI is InChI=1S/C10H15NO5S2/c1-3-16-5-7(2)11-18(14,15)8-4-9(10(12)13)17-6-8/h4,6-7,11H,3,5H2,1-2H3,(H,12,13). The second-order valence-electron chi connectivity index (χ2n) is 3.63. The molecule has 2 N–H and O–H groups in total. The van der Waals surface area contributed by atoms with Gasteiger partial charge in [-0.25, -0.2) is 17.9 Å². The first kappa shape index (κ1) is 15.1. The Morgan fingerprint density at radius 3 is 2.78 bits per heavy atom. The quantitative estimate of drug-likeness (QED) is 0.786. The normalized spacial score (nSPS) is 13.4. The summed E-state index contributed by atoms with van der Waals surface area (Å²) in [4.78, 5) is 10.6. The van der Waals surface area contributed by atoms with E-state index in [2.05, 4.69) is 4.72 Å². The third-order valence-electron chi connectivity index (χ3n) is 2.02. The highest BCUT2D eigenvalue weighted by atomic mass is 32.2. The molecule has 102 valence electrons. The predicted molar refractivity (Wildman–Crippen MR) is 67.6 cm³/mol. The summed E-state index contributed by atoms with van der Waals surface area (Å²) in [6, 6.07) is 0.769. The first-order chi connectivity index (χ1) is 8.36. The summed E-state index contributed by atoms with van der Waals surface area (Å²) in [5.41, 5.74) is 0. The van der Waals surface area contributed by atoms with Gasteiger partial charge in [-0.05, 0) is 19.9 Å². The highest BCUT2D eigenvalue weighted by Crippen LogP contribution is 2.19. The molecule has 1 heterocycles. The van der Waals surface area contributed by atoms with Crippen molar-refractivity contribution in [2.45, 2.75) is 24.8 Å². The van der Waals surface area contributed by atoms with Gasteiger partial charge < -0.3 is 9.84 Å². The summed E-state index contributed by atoms with van der Waals surface area (Å²) < 4.78 is 31.3. The number of carboxylic acids is 1. The van der Waals surface area contributed by atoms with E-state index in [1.807, 2.05) is 6.92 Å². The van der Waals surface area contributed by atoms with Crippen LogP contribution in [0.5, 0.6) is 0 Å². The van der Waals surface area contributed by atoms with Crippen LogP contribution in [-0.2, 0) is 14.8 Å². The molecule has 0 saturated heterocycles. The van der Waals surface area contributed by atoms with Crippen LogP contribution >= 0.6 is 11.3 Å². The zero-order chi connectivity index (χ0) is 13.8. The van der Waals surface area contributed by atoms with Crippen LogP contribution in [-0.4, -0.2) is 38.7 Å². The van der Waals surface area contributed by atoms with E-state index >= 15 is 0 Å². The molecule has 0 bridgehead atoms. The van der Waals surface area contributed by atoms with Gasteiger partial charge in [0.25, 0.3) is 0 Å². The first-order valence-corrected chi connectivity index (χ1v) is 7.65. The lowest BCUT2D eigenvalue weighted by molar-refractivity contribution is 0.0702. The summed E-state index contributed by atoms with van der Waals surface area (Å²) in [5, 5.41) is 10.0. The minimum atomic E-state index is -3.69. The lowest BCUT2D eigenvalue weighted by atomic mass is 10.4. The van der Waals surface area contributed by atoms with Crippen molar-refractivity contribution in [3.8, 4) is 0 Å². The Morgan fingerprint density at radius 2 is 2.28 bits per heavy atom. The van der Waals surface area contributed by atoms with Crippen molar-refractivity contribution < 1.29 is 23.1 Å². The van der Waals surface area contributed by atoms with Crippen molar-refractivity contribution in [3.05, 3.63) is 16.3 Å². The minimum Gasteiger partial charge on any atom is -0.477 e. The Kier molecular flexibility index (Phi) is 5.27. The summed E-state index contributed by atoms with van der Waals surface area (Å²) in [6.07, 6.45) is 0. The topological polar surface area (TPSA) is 92.7 Å². The molecule has 0 radical (unpaired) electrons. The van der Waals surface area contributed by atoms with E-state index in [0.717, 1.165) is 17.4 Å². The zero-order valence-corrected chi connectivity index (χ0v) is 11.7. The highest BCUT2D eigenvalue weighted by Gasteiger charge is 2.20. The number of hydrogen-bond acceptors (Lipinski definition) is 5. The SMILES string of the molecule is CCOCC(C)NS(=O)(=O)c1csc(C(=O)O)c1. The third-order valence-corrected chi connectivity index (χ3v) is 4.66. The van der Waals surface area contributed by atoms with E-state index in [1.54, 1.807) is 6.92 Å². The van der Waals surface area contributed by atoms with Crippen molar-refractivity contribution >= 4 is 27.3 Å². The van der Waals surface area contributed by atoms with Gasteiger partial charge in [0.05, 0.1) is 11.5 Å². The van der Waals surface area contributed by atoms with Crippen molar-refractivity contribution in [1.82, 2.24) is 4.72 Å². The van der Waals surface area contributed by atoms with Crippen molar-refractivity contribution in [1.29, 1.82) is 0 Å². The minimum absolute atomic E-state index is 0.00663. The Labute approximate surface area is 110 Å². The lowest BCUT2D eigenvalue weighted by Crippen LogP contribution is -2.35. The van der Waals surface area contributed by atoms with Gasteiger partial charge >= 0.3 is 5.97 Å². The fourth-order valence-electron chi connectivity index (χ4n) is 1.23. The number of thiophene rings is 1. The van der Waals surface area contributed by atoms with Gasteiger partial charge in [-0.15, -0.1) is 11.3 Å². The van der Waals surface area contributed by atoms with E-state index in [0.29, 0.717) is 6.61 Å². The molecule has 8 heteroatoms. The molecular formula is C10H15NO5S2. The molecule has 0 amide bonds. The molecule has 18 heavy (non-hydrogen) atoms. The molecule has 0 fully saturated rings. The Hall–Kier alpha value is -0.960. The number of nitrogens with one attached hydrogen (secondary N) is 1. The Balaban J connectivity index is 2.76. The zero-order valence-electron chi connectivity index (χ0n) is 10.0. The molecule has 0 spiro atoms. The van der Waals surface area contributed by atoms with Crippen molar-refractivity contribution in [2.24, 2.45) is 0 Å². The van der Waals surface area contributed by atoms with Gasteiger partial charge in [0.15, 0.2) is 0 Å². The van der Waals surface area contributed by atoms with Gasteiger partial charge in [0, 0.05) is 18.0 Å². The second-order valence-corrected chi connectivity index (χ2v) is 6.26. The molecule has 1 aromatic rings. The maximum absolute atomic E-state index is 11.9. The molecule has 0 aromatic carbocycles. The lowest BCUT2D eigenvalue weighted by Gasteiger charge is -2.12. The van der Waals surface area contributed by atoms with E-state index in [4.69, 9.17) is 9.84 Å². The highest BCUT2D eigenvalue weighted by molar-refractivity contribution is 7.89. The van der Waals surface area contributed by atoms with Crippen LogP contribution in [0.15, 0.2) is 16.3 Å². The maximum atomic E-state index is 11.9. The number of rotatable bonds is 7. The van der Waals surface area contributed by atoms with Crippen LogP contribution in [0.1, 0.15) is 23.5 Å². The van der Waals surface area contributed by atoms with E-state index in [-0.39, 0.29) is 22.4 Å². The van der Waals surface area contributed by atoms with Crippen molar-refractivity contribution in [2.75, 3.05) is 13.2 Å². The molecule has 0 saturated carbocycles. The van der Waals surface area contributed by atoms with Gasteiger partial charge in [0.2, 0.25) is 10.0 Å². The van der Waals surface area contributed by atoms with Crippen LogP contribution in [0.25, 0.3) is 0 Å². The molecule has 1 unspecified atom stereocenters. The number of ether oxygens (including phenoxy) is 1. The van der Waals surface area contributed by atoms with Gasteiger partial charge in [-0.3, -0.25) is 0 Å². The fourth-order valence-corrected chi connectivity index (χ4v) is 3.57. The molecule has 6 nitrogen and oxygen atoms in total. The average Bonchev–Trinajstić information content (AvgIpc) is 2.75. The molecule has 0 aliphatic heterocycles. The van der Waals surface area contributed by atoms with Gasteiger partial charge in [-0.1, -0.05) is 0 Å². The molecule has 0 aliphatic rings. The number of aromatic carboxylic acids is 1.